The fourth-order valence-corrected chi connectivity index (χ4v) is 4.87. The van der Waals surface area contributed by atoms with E-state index in [0.29, 0.717) is 21.6 Å². The van der Waals surface area contributed by atoms with Crippen LogP contribution in [0.4, 0.5) is 5.69 Å². The summed E-state index contributed by atoms with van der Waals surface area (Å²) in [7, 11) is -3.10. The molecule has 1 heterocycles. The van der Waals surface area contributed by atoms with Crippen LogP contribution in [0.15, 0.2) is 66.9 Å². The average Bonchev–Trinajstić information content (AvgIpc) is 2.98. The van der Waals surface area contributed by atoms with E-state index in [1.54, 1.807) is 48.1 Å². The highest BCUT2D eigenvalue weighted by atomic mass is 35.5. The Morgan fingerprint density at radius 1 is 1.07 bits per heavy atom. The van der Waals surface area contributed by atoms with Gasteiger partial charge in [-0.15, -0.1) is 0 Å². The number of nitrogens with zero attached hydrogens (tertiary/aromatic N) is 1. The molecule has 3 aromatic carbocycles. The Morgan fingerprint density at radius 2 is 1.79 bits per heavy atom. The van der Waals surface area contributed by atoms with E-state index in [1.807, 2.05) is 30.3 Å². The third-order valence-corrected chi connectivity index (χ3v) is 6.37. The molecule has 0 bridgehead atoms. The number of nitrogens with one attached hydrogen (secondary N) is 1. The zero-order chi connectivity index (χ0) is 20.8. The Balaban J connectivity index is 1.77. The van der Waals surface area contributed by atoms with E-state index in [9.17, 15) is 19.1 Å². The van der Waals surface area contributed by atoms with E-state index >= 15 is 0 Å². The lowest BCUT2D eigenvalue weighted by molar-refractivity contribution is -0.116. The fraction of sp³-hybridized carbons (Fsp3) is 0.0952. The number of anilines is 1. The van der Waals surface area contributed by atoms with Gasteiger partial charge in [0.25, 0.3) is 0 Å². The molecule has 1 atom stereocenters. The average molecular weight is 429 g/mol. The number of hydrogen-bond donors (Lipinski definition) is 3. The first kappa shape index (κ1) is 19.7. The van der Waals surface area contributed by atoms with E-state index in [0.717, 1.165) is 10.8 Å². The van der Waals surface area contributed by atoms with Crippen molar-refractivity contribution in [2.45, 2.75) is 5.66 Å². The molecule has 0 spiro atoms. The van der Waals surface area contributed by atoms with Crippen molar-refractivity contribution in [2.75, 3.05) is 5.32 Å². The summed E-state index contributed by atoms with van der Waals surface area (Å²) in [4.78, 5) is 33.0. The van der Waals surface area contributed by atoms with Crippen LogP contribution in [0.5, 0.6) is 0 Å². The molecular weight excluding hydrogens is 411 g/mol. The van der Waals surface area contributed by atoms with E-state index in [4.69, 9.17) is 11.6 Å². The van der Waals surface area contributed by atoms with Crippen molar-refractivity contribution in [1.29, 1.82) is 0 Å². The summed E-state index contributed by atoms with van der Waals surface area (Å²) < 4.78 is 14.0. The highest BCUT2D eigenvalue weighted by Gasteiger charge is 2.39. The van der Waals surface area contributed by atoms with E-state index < -0.39 is 19.2 Å². The number of carbonyl (C=O) groups is 1. The fourth-order valence-electron chi connectivity index (χ4n) is 3.62. The number of fused-ring (bicyclic) bond motifs is 2. The van der Waals surface area contributed by atoms with Crippen LogP contribution in [0.25, 0.3) is 21.7 Å². The number of halogens is 1. The predicted octanol–water partition coefficient (Wildman–Crippen LogP) is 4.84. The van der Waals surface area contributed by atoms with Crippen LogP contribution in [0.2, 0.25) is 5.02 Å². The van der Waals surface area contributed by atoms with Crippen LogP contribution >= 0.6 is 19.2 Å². The second-order valence-electron chi connectivity index (χ2n) is 6.87. The van der Waals surface area contributed by atoms with Gasteiger partial charge in [-0.1, -0.05) is 54.1 Å². The van der Waals surface area contributed by atoms with Crippen molar-refractivity contribution >= 4 is 52.5 Å². The highest BCUT2D eigenvalue weighted by Crippen LogP contribution is 2.54. The molecular formula is C21H18ClN2O4P. The van der Waals surface area contributed by atoms with Gasteiger partial charge in [-0.05, 0) is 29.0 Å². The summed E-state index contributed by atoms with van der Waals surface area (Å²) in [6, 6.07) is 18.0. The summed E-state index contributed by atoms with van der Waals surface area (Å²) in [5.41, 5.74) is -0.348. The van der Waals surface area contributed by atoms with Crippen LogP contribution in [-0.4, -0.2) is 20.3 Å². The largest absolute Gasteiger partial charge is 0.349 e. The van der Waals surface area contributed by atoms with Crippen LogP contribution < -0.4 is 5.32 Å². The molecule has 0 aliphatic carbocycles. The molecule has 4 aromatic rings. The van der Waals surface area contributed by atoms with Gasteiger partial charge in [-0.25, -0.2) is 0 Å². The number of aromatic nitrogens is 1. The van der Waals surface area contributed by atoms with Crippen molar-refractivity contribution in [1.82, 2.24) is 4.57 Å². The van der Waals surface area contributed by atoms with Gasteiger partial charge in [-0.3, -0.25) is 9.36 Å². The van der Waals surface area contributed by atoms with Gasteiger partial charge in [0.1, 0.15) is 0 Å². The highest BCUT2D eigenvalue weighted by molar-refractivity contribution is 7.53. The Hall–Kier alpha value is -2.63. The first-order valence-electron chi connectivity index (χ1n) is 8.84. The van der Waals surface area contributed by atoms with E-state index in [-0.39, 0.29) is 5.56 Å². The Labute approximate surface area is 171 Å². The van der Waals surface area contributed by atoms with Gasteiger partial charge < -0.3 is 19.7 Å². The molecule has 0 radical (unpaired) electrons. The predicted molar refractivity (Wildman–Crippen MR) is 115 cm³/mol. The Kier molecular flexibility index (Phi) is 4.97. The number of aryl methyl sites for hydroxylation is 1. The minimum absolute atomic E-state index is 0.233. The van der Waals surface area contributed by atoms with Crippen LogP contribution in [0.3, 0.4) is 0 Å². The van der Waals surface area contributed by atoms with Crippen molar-refractivity contribution in [2.24, 2.45) is 7.05 Å². The Morgan fingerprint density at radius 3 is 2.52 bits per heavy atom. The summed E-state index contributed by atoms with van der Waals surface area (Å²) in [6.45, 7) is 0. The van der Waals surface area contributed by atoms with Gasteiger partial charge in [0, 0.05) is 29.9 Å². The lowest BCUT2D eigenvalue weighted by atomic mass is 10.1. The molecule has 6 nitrogen and oxygen atoms in total. The number of hydrogen-bond acceptors (Lipinski definition) is 2. The molecule has 4 rings (SSSR count). The minimum atomic E-state index is -4.81. The zero-order valence-electron chi connectivity index (χ0n) is 15.4. The summed E-state index contributed by atoms with van der Waals surface area (Å²) in [5, 5.41) is 5.54. The summed E-state index contributed by atoms with van der Waals surface area (Å²) >= 11 is 6.24. The standard InChI is InChI=1S/C21H18ClN2O4P/c1-24-12-17(16-7-4-8-18(22)19(16)24)20(29(26,27)28)21(25)23-15-10-9-13-5-2-3-6-14(13)11-15/h2-12,20H,1H3,(H,23,25)(H2,26,27,28). The number of para-hydroxylation sites is 1. The van der Waals surface area contributed by atoms with Gasteiger partial charge in [0.05, 0.1) is 10.5 Å². The van der Waals surface area contributed by atoms with Gasteiger partial charge in [-0.2, -0.15) is 0 Å². The lowest BCUT2D eigenvalue weighted by Crippen LogP contribution is -2.21. The molecule has 8 heteroatoms. The Bertz CT molecular complexity index is 1290. The first-order valence-corrected chi connectivity index (χ1v) is 10.9. The molecule has 1 aromatic heterocycles. The zero-order valence-corrected chi connectivity index (χ0v) is 17.1. The lowest BCUT2D eigenvalue weighted by Gasteiger charge is -2.18. The van der Waals surface area contributed by atoms with Crippen LogP contribution in [0.1, 0.15) is 11.2 Å². The van der Waals surface area contributed by atoms with Crippen molar-refractivity contribution < 1.29 is 19.1 Å². The van der Waals surface area contributed by atoms with Crippen molar-refractivity contribution in [3.63, 3.8) is 0 Å². The number of benzene rings is 3. The topological polar surface area (TPSA) is 91.6 Å². The second kappa shape index (κ2) is 7.32. The van der Waals surface area contributed by atoms with E-state index in [2.05, 4.69) is 5.32 Å². The van der Waals surface area contributed by atoms with Crippen molar-refractivity contribution in [3.05, 3.63) is 77.4 Å². The number of rotatable bonds is 4. The first-order chi connectivity index (χ1) is 13.8. The molecule has 1 amide bonds. The molecule has 148 valence electrons. The molecule has 0 saturated carbocycles. The maximum Gasteiger partial charge on any atom is 0.342 e. The molecule has 1 unspecified atom stereocenters. The molecule has 0 aliphatic heterocycles. The quantitative estimate of drug-likeness (QED) is 0.405. The molecule has 0 saturated heterocycles. The van der Waals surface area contributed by atoms with E-state index in [1.165, 1.54) is 0 Å². The third kappa shape index (κ3) is 3.68. The van der Waals surface area contributed by atoms with Gasteiger partial charge >= 0.3 is 7.60 Å². The van der Waals surface area contributed by atoms with Gasteiger partial charge in [0.2, 0.25) is 5.91 Å². The molecule has 3 N–H and O–H groups in total. The summed E-state index contributed by atoms with van der Waals surface area (Å²) in [6.07, 6.45) is 1.54. The molecule has 0 aliphatic rings. The second-order valence-corrected chi connectivity index (χ2v) is 8.98. The molecule has 0 fully saturated rings. The maximum absolute atomic E-state index is 13.0. The third-order valence-electron chi connectivity index (χ3n) is 4.88. The van der Waals surface area contributed by atoms with Crippen molar-refractivity contribution in [3.8, 4) is 0 Å². The maximum atomic E-state index is 13.0. The number of carbonyl (C=O) groups excluding carboxylic acids is 1. The number of amides is 1. The monoisotopic (exact) mass is 428 g/mol. The van der Waals surface area contributed by atoms with Gasteiger partial charge in [0.15, 0.2) is 5.66 Å². The smallest absolute Gasteiger partial charge is 0.342 e. The minimum Gasteiger partial charge on any atom is -0.349 e. The van der Waals surface area contributed by atoms with Crippen LogP contribution in [-0.2, 0) is 16.4 Å². The molecule has 29 heavy (non-hydrogen) atoms. The normalized spacial score (nSPS) is 13.0. The SMILES string of the molecule is Cn1cc(C(C(=O)Nc2ccc3ccccc3c2)P(=O)(O)O)c2cccc(Cl)c21. The summed E-state index contributed by atoms with van der Waals surface area (Å²) in [5.74, 6) is -0.777. The van der Waals surface area contributed by atoms with Crippen LogP contribution in [0, 0.1) is 0 Å².